The van der Waals surface area contributed by atoms with Gasteiger partial charge in [-0.25, -0.2) is 0 Å². The molecule has 0 amide bonds. The van der Waals surface area contributed by atoms with Crippen LogP contribution in [0, 0.1) is 35.5 Å². The zero-order valence-corrected chi connectivity index (χ0v) is 28.8. The molecule has 36 heavy (non-hydrogen) atoms. The summed E-state index contributed by atoms with van der Waals surface area (Å²) in [5, 5.41) is 9.18. The third-order valence-corrected chi connectivity index (χ3v) is 28.7. The van der Waals surface area contributed by atoms with E-state index < -0.39 is 12.1 Å². The Hall–Kier alpha value is 1.42. The first-order valence-corrected chi connectivity index (χ1v) is 22.9. The molecule has 0 saturated heterocycles. The molecule has 0 aromatic rings. The normalized spacial score (nSPS) is 53.3. The number of hydrogen-bond acceptors (Lipinski definition) is 2. The summed E-state index contributed by atoms with van der Waals surface area (Å²) in [6.07, 6.45) is 17.6. The minimum absolute atomic E-state index is 0.102. The van der Waals surface area contributed by atoms with Gasteiger partial charge in [0.05, 0.1) is 0 Å². The van der Waals surface area contributed by atoms with E-state index in [-0.39, 0.29) is 11.1 Å². The molecule has 1 heterocycles. The summed E-state index contributed by atoms with van der Waals surface area (Å²) in [6.45, 7) is 14.9. The average molecular weight is 663 g/mol. The van der Waals surface area contributed by atoms with Crippen molar-refractivity contribution in [2.45, 2.75) is 141 Å². The monoisotopic (exact) mass is 664 g/mol. The molecular weight excluding hydrogens is 612 g/mol. The molecular formula is C28H50N4P2Se2. The van der Waals surface area contributed by atoms with E-state index in [0.29, 0.717) is 11.1 Å². The first-order chi connectivity index (χ1) is 16.6. The fourth-order valence-corrected chi connectivity index (χ4v) is 41.5. The van der Waals surface area contributed by atoms with Crippen LogP contribution in [0.3, 0.4) is 0 Å². The van der Waals surface area contributed by atoms with Gasteiger partial charge >= 0.3 is 238 Å². The van der Waals surface area contributed by atoms with Gasteiger partial charge in [0, 0.05) is 0 Å². The molecule has 0 aromatic heterocycles. The summed E-state index contributed by atoms with van der Waals surface area (Å²) in [6, 6.07) is -3.68. The molecule has 4 nitrogen and oxygen atoms in total. The summed E-state index contributed by atoms with van der Waals surface area (Å²) in [4.78, 5) is 0. The Morgan fingerprint density at radius 3 is 0.944 bits per heavy atom. The summed E-state index contributed by atoms with van der Waals surface area (Å²) in [5.41, 5.74) is 0.911. The molecule has 0 atom stereocenters. The van der Waals surface area contributed by atoms with Crippen molar-refractivity contribution in [2.24, 2.45) is 35.5 Å². The number of hydrogen-bond donors (Lipinski definition) is 2. The fourth-order valence-electron chi connectivity index (χ4n) is 11.4. The molecule has 0 aromatic carbocycles. The van der Waals surface area contributed by atoms with E-state index in [1.54, 1.807) is 0 Å². The van der Waals surface area contributed by atoms with E-state index in [9.17, 15) is 0 Å². The molecule has 2 N–H and O–H groups in total. The molecule has 0 unspecified atom stereocenters. The van der Waals surface area contributed by atoms with Crippen LogP contribution in [0.25, 0.3) is 0 Å². The van der Waals surface area contributed by atoms with Gasteiger partial charge in [-0.2, -0.15) is 0 Å². The van der Waals surface area contributed by atoms with Crippen LogP contribution in [-0.4, -0.2) is 61.5 Å². The molecule has 9 rings (SSSR count). The van der Waals surface area contributed by atoms with Gasteiger partial charge in [0.15, 0.2) is 0 Å². The van der Waals surface area contributed by atoms with Crippen LogP contribution < -0.4 is 10.2 Å². The van der Waals surface area contributed by atoms with Crippen molar-refractivity contribution in [1.29, 1.82) is 0 Å². The van der Waals surface area contributed by atoms with Gasteiger partial charge in [0.2, 0.25) is 0 Å². The Balaban J connectivity index is 1.32. The molecule has 9 aliphatic rings. The Bertz CT molecular complexity index is 925. The fraction of sp³-hybridized carbons (Fsp3) is 1.00. The van der Waals surface area contributed by atoms with Crippen molar-refractivity contribution in [3.63, 3.8) is 0 Å². The molecule has 8 saturated carbocycles. The van der Waals surface area contributed by atoms with E-state index in [1.807, 2.05) is 0 Å². The van der Waals surface area contributed by atoms with E-state index in [2.05, 4.69) is 91.1 Å². The summed E-state index contributed by atoms with van der Waals surface area (Å²) in [5.74, 6) is 5.84. The van der Waals surface area contributed by atoms with Crippen LogP contribution in [0.1, 0.15) is 119 Å². The second kappa shape index (κ2) is 8.03. The standard InChI is InChI=1S/C28H48N4P2Se2/c1-25(2,3)31-33(35,29-27-13-19-7-20(14-27)9-21(8-19)15-27)32(26(4,5)6)34(31,36)30-28-16-22-10-23(17-28)12-24(11-22)18-28/h19-24H,7-18H2,1-6H3/q-2/p+2. The number of rotatable bonds is 4. The van der Waals surface area contributed by atoms with Gasteiger partial charge in [-0.05, 0) is 0 Å². The molecule has 0 spiro atoms. The number of nitrogens with one attached hydrogen (secondary N) is 2. The van der Waals surface area contributed by atoms with Gasteiger partial charge in [0.1, 0.15) is 0 Å². The van der Waals surface area contributed by atoms with Crippen LogP contribution in [-0.2, 0) is 0 Å². The maximum atomic E-state index is 4.59. The van der Waals surface area contributed by atoms with Crippen molar-refractivity contribution in [2.75, 3.05) is 0 Å². The molecule has 0 radical (unpaired) electrons. The first-order valence-electron chi connectivity index (χ1n) is 15.0. The van der Waals surface area contributed by atoms with Crippen molar-refractivity contribution in [1.82, 2.24) is 10.2 Å². The average Bonchev–Trinajstić information content (AvgIpc) is 2.60. The Morgan fingerprint density at radius 2 is 0.750 bits per heavy atom. The van der Waals surface area contributed by atoms with Gasteiger partial charge in [0.25, 0.3) is 0 Å². The quantitative estimate of drug-likeness (QED) is 0.252. The van der Waals surface area contributed by atoms with Gasteiger partial charge in [-0.3, -0.25) is 0 Å². The topological polar surface area (TPSA) is 30.1 Å². The zero-order valence-electron chi connectivity index (χ0n) is 23.6. The van der Waals surface area contributed by atoms with Crippen molar-refractivity contribution >= 4 is 43.2 Å². The van der Waals surface area contributed by atoms with E-state index in [1.165, 1.54) is 77.0 Å². The second-order valence-electron chi connectivity index (χ2n) is 16.6. The third-order valence-electron chi connectivity index (χ3n) is 11.1. The molecule has 8 aliphatic carbocycles. The van der Waals surface area contributed by atoms with Crippen LogP contribution in [0.2, 0.25) is 0 Å². The van der Waals surface area contributed by atoms with Crippen molar-refractivity contribution in [3.05, 3.63) is 0 Å². The van der Waals surface area contributed by atoms with Crippen LogP contribution in [0.4, 0.5) is 0 Å². The van der Waals surface area contributed by atoms with Crippen LogP contribution >= 0.6 is 12.1 Å². The summed E-state index contributed by atoms with van der Waals surface area (Å²) in [7, 11) is 0. The zero-order chi connectivity index (χ0) is 25.5. The van der Waals surface area contributed by atoms with Gasteiger partial charge < -0.3 is 0 Å². The second-order valence-corrected chi connectivity index (χ2v) is 27.9. The van der Waals surface area contributed by atoms with E-state index >= 15 is 0 Å². The maximum absolute atomic E-state index is 4.59. The Kier molecular flexibility index (Phi) is 5.87. The summed E-state index contributed by atoms with van der Waals surface area (Å²) >= 11 is 7.92. The van der Waals surface area contributed by atoms with Gasteiger partial charge in [-0.15, -0.1) is 0 Å². The van der Waals surface area contributed by atoms with Crippen molar-refractivity contribution < 1.29 is 8.20 Å². The third kappa shape index (κ3) is 3.92. The van der Waals surface area contributed by atoms with E-state index in [4.69, 9.17) is 0 Å². The molecule has 8 bridgehead atoms. The van der Waals surface area contributed by atoms with Crippen LogP contribution in [0.15, 0.2) is 0 Å². The first kappa shape index (κ1) is 26.3. The molecule has 8 fully saturated rings. The van der Waals surface area contributed by atoms with Crippen molar-refractivity contribution in [3.8, 4) is 0 Å². The summed E-state index contributed by atoms with van der Waals surface area (Å²) < 4.78 is 5.99. The molecule has 8 heteroatoms. The predicted octanol–water partition coefficient (Wildman–Crippen LogP) is 6.97. The Morgan fingerprint density at radius 1 is 0.528 bits per heavy atom. The molecule has 204 valence electrons. The number of nitrogens with zero attached hydrogens (tertiary/aromatic N) is 2. The van der Waals surface area contributed by atoms with E-state index in [0.717, 1.165) is 35.5 Å². The Labute approximate surface area is 236 Å². The van der Waals surface area contributed by atoms with Crippen LogP contribution in [0.5, 0.6) is 0 Å². The molecule has 1 aliphatic heterocycles. The predicted molar refractivity (Wildman–Crippen MR) is 153 cm³/mol. The SMILES string of the molecule is CC(C)(C)[N+]1=P([Se-])(NC23CC4CC(CC(C4)C2)C3)[N+](C(C)(C)C)=P1([Se-])NC12CC3CC(CC(C3)C1)C2. The van der Waals surface area contributed by atoms with Gasteiger partial charge in [-0.1, -0.05) is 0 Å². The minimum atomic E-state index is -1.84.